The number of aliphatic hydroxyl groups is 2. The Morgan fingerprint density at radius 3 is 2.19 bits per heavy atom. The van der Waals surface area contributed by atoms with Gasteiger partial charge in [-0.05, 0) is 119 Å². The molecule has 1 aromatic rings. The first-order chi connectivity index (χ1) is 34.9. The van der Waals surface area contributed by atoms with Gasteiger partial charge in [-0.2, -0.15) is 5.26 Å². The quantitative estimate of drug-likeness (QED) is 0.0346. The van der Waals surface area contributed by atoms with Crippen LogP contribution in [0.4, 0.5) is 5.69 Å². The molecule has 4 N–H and O–H groups in total. The topological polar surface area (TPSA) is 215 Å². The number of aliphatic hydroxyl groups excluding tert-OH is 1. The number of ketones is 1. The SMILES string of the molecule is CCC(C(=O)NCCNC(=O)/C(C#N)=C/c1ccc(N(C)C)cc1)[C@H]1CC[C@H](C)[C@H]([C@@H](C)[C@H](O)[C@H](C)C(=O)[C@H](CC)[C@H]2O[C@]3(C=C[C@@H](OC(C)=O)[C@]4(CC[C@@](C)([C@H]5CC[C@](O)(CC)[C@H](C)O5)O4)O3)[C@H](C)C[C@@H]2C)O1. The van der Waals surface area contributed by atoms with Gasteiger partial charge in [0.1, 0.15) is 17.4 Å². The number of hydrogen-bond acceptors (Lipinski definition) is 14. The molecule has 74 heavy (non-hydrogen) atoms. The molecule has 6 rings (SSSR count). The summed E-state index contributed by atoms with van der Waals surface area (Å²) < 4.78 is 40.4. The molecule has 5 aliphatic rings. The van der Waals surface area contributed by atoms with E-state index >= 15 is 0 Å². The van der Waals surface area contributed by atoms with Crippen LogP contribution in [0.5, 0.6) is 0 Å². The number of benzene rings is 1. The van der Waals surface area contributed by atoms with Crippen molar-refractivity contribution in [2.45, 2.75) is 206 Å². The molecule has 1 unspecified atom stereocenters. The Balaban J connectivity index is 1.08. The van der Waals surface area contributed by atoms with Crippen molar-refractivity contribution in [3.63, 3.8) is 0 Å². The molecule has 2 spiro atoms. The first kappa shape index (κ1) is 59.0. The Kier molecular flexibility index (Phi) is 19.5. The molecule has 16 heteroatoms. The molecule has 0 aromatic heterocycles. The van der Waals surface area contributed by atoms with E-state index in [-0.39, 0.29) is 54.2 Å². The van der Waals surface area contributed by atoms with Crippen molar-refractivity contribution < 1.29 is 57.8 Å². The molecule has 0 aliphatic carbocycles. The summed E-state index contributed by atoms with van der Waals surface area (Å²) in [6, 6.07) is 9.46. The van der Waals surface area contributed by atoms with Crippen molar-refractivity contribution in [1.29, 1.82) is 5.26 Å². The highest BCUT2D eigenvalue weighted by molar-refractivity contribution is 6.01. The maximum absolute atomic E-state index is 14.8. The molecule has 1 aromatic carbocycles. The Bertz CT molecular complexity index is 2230. The third-order valence-corrected chi connectivity index (χ3v) is 17.5. The van der Waals surface area contributed by atoms with Gasteiger partial charge in [0.05, 0.1) is 53.7 Å². The molecule has 0 saturated carbocycles. The van der Waals surface area contributed by atoms with Gasteiger partial charge < -0.3 is 54.2 Å². The van der Waals surface area contributed by atoms with Crippen LogP contribution in [0.1, 0.15) is 146 Å². The molecule has 5 aliphatic heterocycles. The maximum Gasteiger partial charge on any atom is 0.303 e. The van der Waals surface area contributed by atoms with Crippen LogP contribution in [-0.2, 0) is 47.6 Å². The van der Waals surface area contributed by atoms with Crippen LogP contribution in [-0.4, -0.2) is 126 Å². The van der Waals surface area contributed by atoms with Crippen LogP contribution in [0.25, 0.3) is 6.08 Å². The van der Waals surface area contributed by atoms with Crippen LogP contribution < -0.4 is 15.5 Å². The van der Waals surface area contributed by atoms with Crippen molar-refractivity contribution >= 4 is 35.3 Å². The zero-order chi connectivity index (χ0) is 54.5. The molecular weight excluding hydrogens is 945 g/mol. The lowest BCUT2D eigenvalue weighted by atomic mass is 9.72. The van der Waals surface area contributed by atoms with Crippen LogP contribution in [0, 0.1) is 52.8 Å². The molecular formula is C58H88N4O12. The van der Waals surface area contributed by atoms with Crippen LogP contribution >= 0.6 is 0 Å². The number of hydrogen-bond donors (Lipinski definition) is 4. The van der Waals surface area contributed by atoms with Gasteiger partial charge in [0, 0.05) is 69.9 Å². The minimum Gasteiger partial charge on any atom is -0.453 e. The van der Waals surface area contributed by atoms with E-state index in [4.69, 9.17) is 28.4 Å². The summed E-state index contributed by atoms with van der Waals surface area (Å²) in [7, 11) is 3.86. The molecule has 18 atom stereocenters. The maximum atomic E-state index is 14.8. The monoisotopic (exact) mass is 1030 g/mol. The van der Waals surface area contributed by atoms with Gasteiger partial charge in [0.25, 0.3) is 5.91 Å². The van der Waals surface area contributed by atoms with Gasteiger partial charge in [0.2, 0.25) is 11.7 Å². The van der Waals surface area contributed by atoms with Crippen LogP contribution in [0.15, 0.2) is 42.0 Å². The van der Waals surface area contributed by atoms with E-state index in [2.05, 4.69) is 31.4 Å². The van der Waals surface area contributed by atoms with Gasteiger partial charge in [-0.25, -0.2) is 0 Å². The number of esters is 1. The molecule has 16 nitrogen and oxygen atoms in total. The fraction of sp³-hybridized carbons (Fsp3) is 0.741. The summed E-state index contributed by atoms with van der Waals surface area (Å²) in [6.45, 7) is 21.3. The number of anilines is 1. The Morgan fingerprint density at radius 1 is 0.905 bits per heavy atom. The van der Waals surface area contributed by atoms with E-state index in [9.17, 15) is 34.7 Å². The predicted octanol–water partition coefficient (Wildman–Crippen LogP) is 7.58. The number of nitriles is 1. The predicted molar refractivity (Wildman–Crippen MR) is 281 cm³/mol. The van der Waals surface area contributed by atoms with E-state index in [0.717, 1.165) is 17.7 Å². The average molecular weight is 1030 g/mol. The molecule has 0 bridgehead atoms. The van der Waals surface area contributed by atoms with Gasteiger partial charge in [-0.3, -0.25) is 19.2 Å². The van der Waals surface area contributed by atoms with E-state index in [1.165, 1.54) is 13.0 Å². The number of carbonyl (C=O) groups is 4. The number of carbonyl (C=O) groups excluding carboxylic acids is 4. The highest BCUT2D eigenvalue weighted by Crippen LogP contribution is 2.54. The standard InChI is InChI=1S/C58H88N4O12/c1-14-44(54(67)61-30-29-60-53(66)42(33-59)32-41-18-20-43(21-19-41)62(12)13)46-22-17-34(4)51(71-46)38(8)49(64)37(7)50(65)45(15-2)52-35(5)31-36(6)57(72-52)26-24-48(70-40(10)63)58(74-57)28-27-55(11,73-58)47-23-25-56(68,16-3)39(9)69-47/h18-21,24,26,32,34-39,44-49,51-52,64,68H,14-17,22-23,25,27-31H2,1-13H3,(H,60,66)(H,61,67)/b42-32+/t34-,35-,36+,37-,38-,39-,44?,45-,46+,47+,48+,49+,51+,52-,55-,56+,57-,58-/m0/s1. The Morgan fingerprint density at radius 2 is 1.58 bits per heavy atom. The summed E-state index contributed by atoms with van der Waals surface area (Å²) in [6.07, 6.45) is 6.78. The van der Waals surface area contributed by atoms with Crippen molar-refractivity contribution in [3.05, 3.63) is 47.6 Å². The van der Waals surface area contributed by atoms with Crippen LogP contribution in [0.3, 0.4) is 0 Å². The zero-order valence-corrected chi connectivity index (χ0v) is 46.5. The molecule has 0 radical (unpaired) electrons. The van der Waals surface area contributed by atoms with Gasteiger partial charge in [-0.15, -0.1) is 0 Å². The van der Waals surface area contributed by atoms with Crippen molar-refractivity contribution in [2.24, 2.45) is 41.4 Å². The first-order valence-electron chi connectivity index (χ1n) is 27.6. The summed E-state index contributed by atoms with van der Waals surface area (Å²) in [4.78, 5) is 55.9. The summed E-state index contributed by atoms with van der Waals surface area (Å²) in [5.74, 6) is -6.52. The van der Waals surface area contributed by atoms with E-state index in [1.54, 1.807) is 6.92 Å². The second-order valence-electron chi connectivity index (χ2n) is 22.9. The van der Waals surface area contributed by atoms with Gasteiger partial charge in [0.15, 0.2) is 11.9 Å². The van der Waals surface area contributed by atoms with Gasteiger partial charge >= 0.3 is 5.97 Å². The number of amides is 2. The normalized spacial score (nSPS) is 36.2. The average Bonchev–Trinajstić information content (AvgIpc) is 3.71. The molecule has 412 valence electrons. The highest BCUT2D eigenvalue weighted by Gasteiger charge is 2.64. The molecule has 5 heterocycles. The van der Waals surface area contributed by atoms with Crippen molar-refractivity contribution in [1.82, 2.24) is 10.6 Å². The summed E-state index contributed by atoms with van der Waals surface area (Å²) in [5, 5.41) is 38.7. The number of nitrogens with zero attached hydrogens (tertiary/aromatic N) is 2. The minimum atomic E-state index is -1.41. The fourth-order valence-corrected chi connectivity index (χ4v) is 12.6. The number of nitrogens with one attached hydrogen (secondary N) is 2. The zero-order valence-electron chi connectivity index (χ0n) is 46.5. The Labute approximate surface area is 440 Å². The minimum absolute atomic E-state index is 0.0400. The number of Topliss-reactive ketones (excluding diaryl/α,β-unsaturated/α-hetero) is 1. The second-order valence-corrected chi connectivity index (χ2v) is 22.9. The largest absolute Gasteiger partial charge is 0.453 e. The van der Waals surface area contributed by atoms with E-state index < -0.39 is 94.9 Å². The lowest BCUT2D eigenvalue weighted by molar-refractivity contribution is -0.409. The smallest absolute Gasteiger partial charge is 0.303 e. The number of ether oxygens (including phenoxy) is 6. The van der Waals surface area contributed by atoms with Crippen molar-refractivity contribution in [3.8, 4) is 6.07 Å². The molecule has 2 amide bonds. The molecule has 4 fully saturated rings. The fourth-order valence-electron chi connectivity index (χ4n) is 12.6. The lowest BCUT2D eigenvalue weighted by Crippen LogP contribution is -2.63. The van der Waals surface area contributed by atoms with E-state index in [1.807, 2.05) is 103 Å². The third kappa shape index (κ3) is 12.6. The third-order valence-electron chi connectivity index (χ3n) is 17.5. The Hall–Kier alpha value is -4.21. The number of rotatable bonds is 19. The van der Waals surface area contributed by atoms with E-state index in [0.29, 0.717) is 57.8 Å². The summed E-state index contributed by atoms with van der Waals surface area (Å²) >= 11 is 0. The first-order valence-corrected chi connectivity index (χ1v) is 27.6. The lowest BCUT2D eigenvalue weighted by Gasteiger charge is -2.54. The highest BCUT2D eigenvalue weighted by atomic mass is 16.8. The summed E-state index contributed by atoms with van der Waals surface area (Å²) in [5.41, 5.74) is -0.0703. The van der Waals surface area contributed by atoms with Crippen LogP contribution in [0.2, 0.25) is 0 Å². The van der Waals surface area contributed by atoms with Crippen molar-refractivity contribution in [2.75, 3.05) is 32.1 Å². The molecule has 4 saturated heterocycles. The van der Waals surface area contributed by atoms with Gasteiger partial charge in [-0.1, -0.05) is 67.5 Å². The second kappa shape index (κ2) is 24.4.